The third-order valence-corrected chi connectivity index (χ3v) is 6.33. The van der Waals surface area contributed by atoms with Crippen LogP contribution in [0.5, 0.6) is 0 Å². The van der Waals surface area contributed by atoms with Crippen LogP contribution in [0.3, 0.4) is 0 Å². The van der Waals surface area contributed by atoms with E-state index >= 15 is 0 Å². The van der Waals surface area contributed by atoms with E-state index in [4.69, 9.17) is 0 Å². The first-order valence-electron chi connectivity index (χ1n) is 9.02. The molecular formula is C20H24N2O4S. The first kappa shape index (κ1) is 19.6. The standard InChI is InChI=1S/C20H24N2O4S/c1-11(2)21-16(13-7-5-4-6-8-13)15(23)9-14-18(24)22-17(20(25)26)12(3)10-27-19(14)22/h4-8,11,14,16,19,21H,9-10H2,1-3H3,(H,25,26)/t14-,16-,19-/m1/s1. The maximum Gasteiger partial charge on any atom is 0.352 e. The molecule has 0 aromatic heterocycles. The molecule has 3 atom stereocenters. The number of Topliss-reactive ketones (excluding diaryl/α,β-unsaturated/α-hetero) is 1. The minimum absolute atomic E-state index is 0.0448. The topological polar surface area (TPSA) is 86.7 Å². The summed E-state index contributed by atoms with van der Waals surface area (Å²) in [5.74, 6) is -1.30. The third-order valence-electron chi connectivity index (χ3n) is 4.85. The number of hydrogen-bond donors (Lipinski definition) is 2. The molecule has 0 spiro atoms. The van der Waals surface area contributed by atoms with Crippen molar-refractivity contribution in [3.8, 4) is 0 Å². The molecule has 1 fully saturated rings. The second kappa shape index (κ2) is 7.86. The van der Waals surface area contributed by atoms with Crippen LogP contribution in [0.2, 0.25) is 0 Å². The number of aliphatic carboxylic acids is 1. The fourth-order valence-electron chi connectivity index (χ4n) is 3.60. The van der Waals surface area contributed by atoms with Gasteiger partial charge in [0.1, 0.15) is 5.70 Å². The van der Waals surface area contributed by atoms with Gasteiger partial charge in [-0.15, -0.1) is 11.8 Å². The minimum atomic E-state index is -1.08. The van der Waals surface area contributed by atoms with Gasteiger partial charge < -0.3 is 10.4 Å². The monoisotopic (exact) mass is 388 g/mol. The van der Waals surface area contributed by atoms with E-state index in [1.54, 1.807) is 6.92 Å². The Morgan fingerprint density at radius 3 is 2.56 bits per heavy atom. The van der Waals surface area contributed by atoms with Crippen molar-refractivity contribution in [3.63, 3.8) is 0 Å². The molecule has 0 bridgehead atoms. The highest BCUT2D eigenvalue weighted by Crippen LogP contribution is 2.45. The van der Waals surface area contributed by atoms with Crippen LogP contribution in [0.25, 0.3) is 0 Å². The Hall–Kier alpha value is -2.12. The molecule has 1 saturated heterocycles. The zero-order valence-electron chi connectivity index (χ0n) is 15.6. The number of benzene rings is 1. The van der Waals surface area contributed by atoms with Gasteiger partial charge in [0.25, 0.3) is 0 Å². The number of nitrogens with one attached hydrogen (secondary N) is 1. The Labute approximate surface area is 163 Å². The van der Waals surface area contributed by atoms with Gasteiger partial charge in [0.2, 0.25) is 5.91 Å². The highest BCUT2D eigenvalue weighted by Gasteiger charge is 2.53. The number of carbonyl (C=O) groups excluding carboxylic acids is 2. The van der Waals surface area contributed by atoms with E-state index in [0.717, 1.165) is 5.56 Å². The van der Waals surface area contributed by atoms with Gasteiger partial charge in [-0.1, -0.05) is 30.3 Å². The molecule has 1 amide bonds. The van der Waals surface area contributed by atoms with Gasteiger partial charge in [0.05, 0.1) is 17.3 Å². The van der Waals surface area contributed by atoms with Gasteiger partial charge in [-0.05, 0) is 31.9 Å². The van der Waals surface area contributed by atoms with Gasteiger partial charge in [-0.2, -0.15) is 0 Å². The van der Waals surface area contributed by atoms with Crippen molar-refractivity contribution < 1.29 is 19.5 Å². The van der Waals surface area contributed by atoms with Crippen molar-refractivity contribution >= 4 is 29.4 Å². The number of thioether (sulfide) groups is 1. The average Bonchev–Trinajstić information content (AvgIpc) is 2.64. The molecule has 2 aliphatic rings. The molecule has 2 aliphatic heterocycles. The molecule has 0 saturated carbocycles. The first-order valence-corrected chi connectivity index (χ1v) is 10.1. The quantitative estimate of drug-likeness (QED) is 0.698. The normalized spacial score (nSPS) is 23.1. The number of carboxylic acid groups (broad SMARTS) is 1. The predicted molar refractivity (Wildman–Crippen MR) is 104 cm³/mol. The summed E-state index contributed by atoms with van der Waals surface area (Å²) in [6.45, 7) is 5.68. The van der Waals surface area contributed by atoms with Crippen LogP contribution in [-0.4, -0.2) is 44.8 Å². The van der Waals surface area contributed by atoms with Gasteiger partial charge in [0.15, 0.2) is 5.78 Å². The Kier molecular flexibility index (Phi) is 5.72. The maximum atomic E-state index is 13.0. The number of carboxylic acids is 1. The van der Waals surface area contributed by atoms with Gasteiger partial charge in [-0.25, -0.2) is 4.79 Å². The van der Waals surface area contributed by atoms with Crippen molar-refractivity contribution in [2.45, 2.75) is 44.6 Å². The van der Waals surface area contributed by atoms with E-state index in [0.29, 0.717) is 11.3 Å². The number of ketones is 1. The van der Waals surface area contributed by atoms with Crippen LogP contribution >= 0.6 is 11.8 Å². The lowest BCUT2D eigenvalue weighted by Gasteiger charge is -2.49. The molecule has 7 heteroatoms. The van der Waals surface area contributed by atoms with E-state index < -0.39 is 17.9 Å². The molecule has 0 aliphatic carbocycles. The number of β-lactam (4-membered cyclic amide) rings is 1. The largest absolute Gasteiger partial charge is 0.477 e. The van der Waals surface area contributed by atoms with Gasteiger partial charge in [0, 0.05) is 18.2 Å². The molecule has 2 N–H and O–H groups in total. The summed E-state index contributed by atoms with van der Waals surface area (Å²) in [4.78, 5) is 38.5. The van der Waals surface area contributed by atoms with Crippen molar-refractivity contribution in [3.05, 3.63) is 47.2 Å². The summed E-state index contributed by atoms with van der Waals surface area (Å²) in [5.41, 5.74) is 1.64. The van der Waals surface area contributed by atoms with Crippen molar-refractivity contribution in [1.29, 1.82) is 0 Å². The molecule has 1 aromatic carbocycles. The van der Waals surface area contributed by atoms with E-state index in [-0.39, 0.29) is 35.2 Å². The zero-order valence-corrected chi connectivity index (χ0v) is 16.5. The summed E-state index contributed by atoms with van der Waals surface area (Å²) >= 11 is 1.53. The molecular weight excluding hydrogens is 364 g/mol. The summed E-state index contributed by atoms with van der Waals surface area (Å²) in [5, 5.41) is 12.4. The van der Waals surface area contributed by atoms with E-state index in [9.17, 15) is 19.5 Å². The number of carbonyl (C=O) groups is 3. The lowest BCUT2D eigenvalue weighted by Crippen LogP contribution is -2.62. The van der Waals surface area contributed by atoms with Crippen LogP contribution in [0.15, 0.2) is 41.6 Å². The Bertz CT molecular complexity index is 790. The van der Waals surface area contributed by atoms with Crippen LogP contribution in [0.4, 0.5) is 0 Å². The fourth-order valence-corrected chi connectivity index (χ4v) is 4.96. The van der Waals surface area contributed by atoms with Crippen LogP contribution in [-0.2, 0) is 14.4 Å². The molecule has 144 valence electrons. The van der Waals surface area contributed by atoms with Crippen LogP contribution in [0.1, 0.15) is 38.8 Å². The number of nitrogens with zero attached hydrogens (tertiary/aromatic N) is 1. The highest BCUT2D eigenvalue weighted by atomic mass is 32.2. The molecule has 0 radical (unpaired) electrons. The highest BCUT2D eigenvalue weighted by molar-refractivity contribution is 8.00. The molecule has 6 nitrogen and oxygen atoms in total. The molecule has 2 heterocycles. The molecule has 27 heavy (non-hydrogen) atoms. The average molecular weight is 388 g/mol. The minimum Gasteiger partial charge on any atom is -0.477 e. The number of amides is 1. The fraction of sp³-hybridized carbons (Fsp3) is 0.450. The Balaban J connectivity index is 1.76. The maximum absolute atomic E-state index is 13.0. The Morgan fingerprint density at radius 2 is 1.96 bits per heavy atom. The predicted octanol–water partition coefficient (Wildman–Crippen LogP) is 2.57. The lowest BCUT2D eigenvalue weighted by atomic mass is 9.87. The molecule has 0 unspecified atom stereocenters. The first-order chi connectivity index (χ1) is 12.8. The zero-order chi connectivity index (χ0) is 19.7. The SMILES string of the molecule is CC1=C(C(=O)O)N2C(=O)[C@@H](CC(=O)[C@H](NC(C)C)c3ccccc3)[C@H]2SC1. The number of hydrogen-bond acceptors (Lipinski definition) is 5. The smallest absolute Gasteiger partial charge is 0.352 e. The van der Waals surface area contributed by atoms with Gasteiger partial charge >= 0.3 is 5.97 Å². The second-order valence-electron chi connectivity index (χ2n) is 7.29. The van der Waals surface area contributed by atoms with Crippen molar-refractivity contribution in [2.75, 3.05) is 5.75 Å². The summed E-state index contributed by atoms with van der Waals surface area (Å²) < 4.78 is 0. The van der Waals surface area contributed by atoms with E-state index in [1.165, 1.54) is 16.7 Å². The summed E-state index contributed by atoms with van der Waals surface area (Å²) in [7, 11) is 0. The second-order valence-corrected chi connectivity index (χ2v) is 8.39. The van der Waals surface area contributed by atoms with Crippen LogP contribution in [0, 0.1) is 5.92 Å². The third kappa shape index (κ3) is 3.80. The lowest BCUT2D eigenvalue weighted by molar-refractivity contribution is -0.154. The van der Waals surface area contributed by atoms with E-state index in [1.807, 2.05) is 44.2 Å². The number of rotatable bonds is 7. The molecule has 3 rings (SSSR count). The molecule has 1 aromatic rings. The summed E-state index contributed by atoms with van der Waals surface area (Å²) in [6, 6.07) is 9.11. The number of fused-ring (bicyclic) bond motifs is 1. The van der Waals surface area contributed by atoms with E-state index in [2.05, 4.69) is 5.32 Å². The van der Waals surface area contributed by atoms with Crippen molar-refractivity contribution in [1.82, 2.24) is 10.2 Å². The Morgan fingerprint density at radius 1 is 1.30 bits per heavy atom. The summed E-state index contributed by atoms with van der Waals surface area (Å²) in [6.07, 6.45) is 0.109. The van der Waals surface area contributed by atoms with Gasteiger partial charge in [-0.3, -0.25) is 14.5 Å². The van der Waals surface area contributed by atoms with Crippen molar-refractivity contribution in [2.24, 2.45) is 5.92 Å². The van der Waals surface area contributed by atoms with Crippen LogP contribution < -0.4 is 5.32 Å².